The maximum atomic E-state index is 12.2. The molecule has 174 valence electrons. The molecule has 0 amide bonds. The van der Waals surface area contributed by atoms with Gasteiger partial charge in [-0.3, -0.25) is 0 Å². The summed E-state index contributed by atoms with van der Waals surface area (Å²) >= 11 is 0. The standard InChI is InChI=1S/C28H24N4O3/c1-3-35-28(34)20-11-14-22-23(17-20)31-27(33)24(22)25(18-7-5-4-6-8-18)30-21-12-9-19(10-13-21)26-29-15-16-32(26)2/h4-17,31,33H,3H2,1-2H3. The number of benzene rings is 3. The van der Waals surface area contributed by atoms with E-state index in [2.05, 4.69) is 9.97 Å². The number of ether oxygens (including phenoxy) is 1. The lowest BCUT2D eigenvalue weighted by Crippen LogP contribution is -2.05. The zero-order valence-electron chi connectivity index (χ0n) is 19.4. The zero-order chi connectivity index (χ0) is 24.4. The van der Waals surface area contributed by atoms with E-state index in [0.717, 1.165) is 28.0 Å². The van der Waals surface area contributed by atoms with Crippen LogP contribution >= 0.6 is 0 Å². The topological polar surface area (TPSA) is 92.5 Å². The Morgan fingerprint density at radius 2 is 1.83 bits per heavy atom. The van der Waals surface area contributed by atoms with Crippen molar-refractivity contribution in [1.82, 2.24) is 14.5 Å². The Morgan fingerprint density at radius 1 is 1.06 bits per heavy atom. The molecule has 5 aromatic rings. The predicted octanol–water partition coefficient (Wildman–Crippen LogP) is 5.62. The monoisotopic (exact) mass is 464 g/mol. The average Bonchev–Trinajstić information content (AvgIpc) is 3.45. The van der Waals surface area contributed by atoms with Gasteiger partial charge in [0.25, 0.3) is 0 Å². The van der Waals surface area contributed by atoms with E-state index in [1.54, 1.807) is 31.3 Å². The molecule has 35 heavy (non-hydrogen) atoms. The third-order valence-corrected chi connectivity index (χ3v) is 5.76. The van der Waals surface area contributed by atoms with Crippen molar-refractivity contribution in [2.24, 2.45) is 12.0 Å². The van der Waals surface area contributed by atoms with Gasteiger partial charge in [0, 0.05) is 41.5 Å². The summed E-state index contributed by atoms with van der Waals surface area (Å²) in [5.74, 6) is 0.443. The highest BCUT2D eigenvalue weighted by molar-refractivity contribution is 6.22. The molecular formula is C28H24N4O3. The third-order valence-electron chi connectivity index (χ3n) is 5.76. The first kappa shape index (κ1) is 22.2. The Balaban J connectivity index is 1.62. The van der Waals surface area contributed by atoms with Gasteiger partial charge in [0.1, 0.15) is 5.82 Å². The molecule has 2 aromatic heterocycles. The van der Waals surface area contributed by atoms with Crippen LogP contribution in [0.3, 0.4) is 0 Å². The third kappa shape index (κ3) is 4.31. The van der Waals surface area contributed by atoms with Crippen LogP contribution in [0.25, 0.3) is 22.3 Å². The molecule has 0 atom stereocenters. The van der Waals surface area contributed by atoms with Gasteiger partial charge in [-0.2, -0.15) is 0 Å². The van der Waals surface area contributed by atoms with Crippen LogP contribution in [0, 0.1) is 0 Å². The molecule has 0 unspecified atom stereocenters. The zero-order valence-corrected chi connectivity index (χ0v) is 19.4. The van der Waals surface area contributed by atoms with Crippen molar-refractivity contribution in [2.45, 2.75) is 6.92 Å². The summed E-state index contributed by atoms with van der Waals surface area (Å²) in [6.07, 6.45) is 3.67. The molecule has 0 aliphatic rings. The number of aliphatic imine (C=N–C) groups is 1. The van der Waals surface area contributed by atoms with E-state index >= 15 is 0 Å². The Labute approximate surface area is 202 Å². The van der Waals surface area contributed by atoms with E-state index in [0.29, 0.717) is 29.0 Å². The molecule has 0 radical (unpaired) electrons. The molecule has 2 heterocycles. The van der Waals surface area contributed by atoms with Crippen molar-refractivity contribution >= 4 is 28.3 Å². The van der Waals surface area contributed by atoms with Crippen molar-refractivity contribution in [1.29, 1.82) is 0 Å². The van der Waals surface area contributed by atoms with Gasteiger partial charge in [0.15, 0.2) is 5.88 Å². The van der Waals surface area contributed by atoms with Crippen LogP contribution in [0.1, 0.15) is 28.4 Å². The Bertz CT molecular complexity index is 1530. The normalized spacial score (nSPS) is 11.7. The number of fused-ring (bicyclic) bond motifs is 1. The molecule has 3 aromatic carbocycles. The number of nitrogens with one attached hydrogen (secondary N) is 1. The van der Waals surface area contributed by atoms with Gasteiger partial charge >= 0.3 is 5.97 Å². The number of aromatic nitrogens is 3. The van der Waals surface area contributed by atoms with E-state index in [1.165, 1.54) is 0 Å². The lowest BCUT2D eigenvalue weighted by atomic mass is 10.00. The second kappa shape index (κ2) is 9.30. The molecule has 5 rings (SSSR count). The number of rotatable bonds is 6. The number of hydrogen-bond donors (Lipinski definition) is 2. The number of aryl methyl sites for hydroxylation is 1. The molecule has 0 aliphatic heterocycles. The molecule has 0 fully saturated rings. The van der Waals surface area contributed by atoms with E-state index in [9.17, 15) is 9.90 Å². The fourth-order valence-electron chi connectivity index (χ4n) is 4.08. The number of carbonyl (C=O) groups excluding carboxylic acids is 1. The second-order valence-corrected chi connectivity index (χ2v) is 8.06. The van der Waals surface area contributed by atoms with Crippen LogP contribution in [0.5, 0.6) is 5.88 Å². The van der Waals surface area contributed by atoms with Gasteiger partial charge < -0.3 is 19.4 Å². The Kier molecular flexibility index (Phi) is 5.89. The Hall–Kier alpha value is -4.65. The van der Waals surface area contributed by atoms with Gasteiger partial charge in [0.2, 0.25) is 0 Å². The van der Waals surface area contributed by atoms with Crippen molar-refractivity contribution in [2.75, 3.05) is 6.61 Å². The van der Waals surface area contributed by atoms with Crippen molar-refractivity contribution in [3.63, 3.8) is 0 Å². The summed E-state index contributed by atoms with van der Waals surface area (Å²) in [6.45, 7) is 2.06. The highest BCUT2D eigenvalue weighted by Crippen LogP contribution is 2.32. The molecule has 0 saturated heterocycles. The smallest absolute Gasteiger partial charge is 0.338 e. The van der Waals surface area contributed by atoms with Gasteiger partial charge in [-0.1, -0.05) is 36.4 Å². The van der Waals surface area contributed by atoms with Gasteiger partial charge in [0.05, 0.1) is 29.1 Å². The molecular weight excluding hydrogens is 440 g/mol. The number of aromatic hydroxyl groups is 1. The number of imidazole rings is 1. The molecule has 7 nitrogen and oxygen atoms in total. The fraction of sp³-hybridized carbons (Fsp3) is 0.107. The van der Waals surface area contributed by atoms with Crippen molar-refractivity contribution in [3.05, 3.63) is 102 Å². The minimum atomic E-state index is -0.408. The van der Waals surface area contributed by atoms with Crippen molar-refractivity contribution < 1.29 is 14.6 Å². The highest BCUT2D eigenvalue weighted by Gasteiger charge is 2.20. The number of esters is 1. The number of aromatic amines is 1. The first-order valence-electron chi connectivity index (χ1n) is 11.3. The number of hydrogen-bond acceptors (Lipinski definition) is 5. The van der Waals surface area contributed by atoms with Crippen LogP contribution in [0.15, 0.2) is 90.2 Å². The SMILES string of the molecule is CCOC(=O)c1ccc2c(C(=Nc3ccc(-c4nccn4C)cc3)c3ccccc3)c(O)[nH]c2c1. The van der Waals surface area contributed by atoms with Crippen LogP contribution in [0.2, 0.25) is 0 Å². The summed E-state index contributed by atoms with van der Waals surface area (Å²) in [7, 11) is 1.95. The lowest BCUT2D eigenvalue weighted by Gasteiger charge is -2.09. The average molecular weight is 465 g/mol. The first-order valence-corrected chi connectivity index (χ1v) is 11.3. The van der Waals surface area contributed by atoms with E-state index < -0.39 is 5.97 Å². The molecule has 0 spiro atoms. The summed E-state index contributed by atoms with van der Waals surface area (Å²) in [5, 5.41) is 11.7. The lowest BCUT2D eigenvalue weighted by molar-refractivity contribution is 0.0526. The maximum Gasteiger partial charge on any atom is 0.338 e. The molecule has 7 heteroatoms. The molecule has 2 N–H and O–H groups in total. The molecule has 0 bridgehead atoms. The second-order valence-electron chi connectivity index (χ2n) is 8.06. The fourth-order valence-corrected chi connectivity index (χ4v) is 4.08. The van der Waals surface area contributed by atoms with Gasteiger partial charge in [-0.15, -0.1) is 0 Å². The number of H-pyrrole nitrogens is 1. The van der Waals surface area contributed by atoms with E-state index in [-0.39, 0.29) is 5.88 Å². The van der Waals surface area contributed by atoms with Crippen LogP contribution in [-0.4, -0.2) is 37.9 Å². The predicted molar refractivity (Wildman–Crippen MR) is 136 cm³/mol. The van der Waals surface area contributed by atoms with E-state index in [1.807, 2.05) is 72.4 Å². The van der Waals surface area contributed by atoms with Crippen molar-refractivity contribution in [3.8, 4) is 17.3 Å². The number of nitrogens with zero attached hydrogens (tertiary/aromatic N) is 3. The van der Waals surface area contributed by atoms with Gasteiger partial charge in [-0.05, 0) is 43.3 Å². The number of carbonyl (C=O) groups is 1. The summed E-state index contributed by atoms with van der Waals surface area (Å²) < 4.78 is 7.07. The first-order chi connectivity index (χ1) is 17.0. The van der Waals surface area contributed by atoms with Crippen LogP contribution in [0.4, 0.5) is 5.69 Å². The molecule has 0 saturated carbocycles. The summed E-state index contributed by atoms with van der Waals surface area (Å²) in [6, 6.07) is 22.7. The quantitative estimate of drug-likeness (QED) is 0.252. The summed E-state index contributed by atoms with van der Waals surface area (Å²) in [5.41, 5.74) is 4.79. The molecule has 0 aliphatic carbocycles. The van der Waals surface area contributed by atoms with Gasteiger partial charge in [-0.25, -0.2) is 14.8 Å². The summed E-state index contributed by atoms with van der Waals surface area (Å²) in [4.78, 5) is 24.5. The van der Waals surface area contributed by atoms with E-state index in [4.69, 9.17) is 9.73 Å². The van der Waals surface area contributed by atoms with Crippen LogP contribution < -0.4 is 0 Å². The van der Waals surface area contributed by atoms with Crippen LogP contribution in [-0.2, 0) is 11.8 Å². The Morgan fingerprint density at radius 3 is 2.51 bits per heavy atom. The minimum Gasteiger partial charge on any atom is -0.494 e. The largest absolute Gasteiger partial charge is 0.494 e. The highest BCUT2D eigenvalue weighted by atomic mass is 16.5. The minimum absolute atomic E-state index is 0.0201. The maximum absolute atomic E-state index is 12.2.